The quantitative estimate of drug-likeness (QED) is 0.269. The summed E-state index contributed by atoms with van der Waals surface area (Å²) < 4.78 is 11.9. The molecule has 1 aromatic rings. The summed E-state index contributed by atoms with van der Waals surface area (Å²) in [6.45, 7) is 20.7. The van der Waals surface area contributed by atoms with Gasteiger partial charge in [-0.1, -0.05) is 77.0 Å². The predicted octanol–water partition coefficient (Wildman–Crippen LogP) is 7.80. The fourth-order valence-electron chi connectivity index (χ4n) is 6.79. The van der Waals surface area contributed by atoms with E-state index in [1.54, 1.807) is 7.11 Å². The van der Waals surface area contributed by atoms with Gasteiger partial charge in [-0.2, -0.15) is 0 Å². The van der Waals surface area contributed by atoms with Gasteiger partial charge in [-0.15, -0.1) is 0 Å². The molecule has 0 radical (unpaired) electrons. The van der Waals surface area contributed by atoms with Crippen LogP contribution in [-0.4, -0.2) is 41.1 Å². The van der Waals surface area contributed by atoms with Crippen LogP contribution >= 0.6 is 0 Å². The van der Waals surface area contributed by atoms with Crippen LogP contribution in [0, 0.1) is 17.8 Å². The molecule has 2 aliphatic carbocycles. The van der Waals surface area contributed by atoms with Crippen molar-refractivity contribution in [2.45, 2.75) is 111 Å². The Morgan fingerprint density at radius 2 is 1.75 bits per heavy atom. The molecule has 1 fully saturated rings. The van der Waals surface area contributed by atoms with Crippen molar-refractivity contribution in [2.24, 2.45) is 17.8 Å². The number of carbonyl (C=O) groups excluding carboxylic acids is 2. The van der Waals surface area contributed by atoms with E-state index in [-0.39, 0.29) is 35.2 Å². The number of likely N-dealkylation sites (tertiary alicyclic amines) is 1. The van der Waals surface area contributed by atoms with Crippen LogP contribution in [0.15, 0.2) is 53.1 Å². The van der Waals surface area contributed by atoms with E-state index in [0.29, 0.717) is 30.1 Å². The monoisotopic (exact) mass is 547 g/mol. The van der Waals surface area contributed by atoms with Crippen molar-refractivity contribution in [1.29, 1.82) is 0 Å². The Labute approximate surface area is 241 Å². The maximum Gasteiger partial charge on any atom is 0.332 e. The normalized spacial score (nSPS) is 26.4. The zero-order chi connectivity index (χ0) is 29.8. The van der Waals surface area contributed by atoms with Gasteiger partial charge in [0.1, 0.15) is 16.9 Å². The Kier molecular flexibility index (Phi) is 7.94. The third-order valence-electron chi connectivity index (χ3n) is 8.45. The largest absolute Gasteiger partial charge is 0.496 e. The lowest BCUT2D eigenvalue weighted by Crippen LogP contribution is -2.58. The molecule has 1 amide bonds. The number of nitrogens with zero attached hydrogens (tertiary/aromatic N) is 1. The van der Waals surface area contributed by atoms with Crippen LogP contribution in [-0.2, 0) is 14.9 Å². The predicted molar refractivity (Wildman–Crippen MR) is 161 cm³/mol. The average Bonchev–Trinajstić information content (AvgIpc) is 3.56. The maximum absolute atomic E-state index is 14.8. The van der Waals surface area contributed by atoms with Gasteiger partial charge in [0, 0.05) is 11.5 Å². The summed E-state index contributed by atoms with van der Waals surface area (Å²) in [4.78, 5) is 31.0. The Hall–Kier alpha value is -2.82. The van der Waals surface area contributed by atoms with Gasteiger partial charge in [0.25, 0.3) is 5.91 Å². The second-order valence-electron chi connectivity index (χ2n) is 14.6. The van der Waals surface area contributed by atoms with Gasteiger partial charge < -0.3 is 14.4 Å². The number of esters is 1. The first-order valence-corrected chi connectivity index (χ1v) is 14.8. The lowest BCUT2D eigenvalue weighted by molar-refractivity contribution is -0.168. The topological polar surface area (TPSA) is 55.8 Å². The minimum absolute atomic E-state index is 0.0850. The summed E-state index contributed by atoms with van der Waals surface area (Å²) in [6.07, 6.45) is 8.65. The van der Waals surface area contributed by atoms with E-state index in [1.807, 2.05) is 43.9 Å². The molecular formula is C35H49NO4. The molecular weight excluding hydrogens is 498 g/mol. The number of fused-ring (bicyclic) bond motifs is 1. The van der Waals surface area contributed by atoms with Crippen LogP contribution in [0.25, 0.3) is 0 Å². The number of ether oxygens (including phenoxy) is 2. The standard InChI is InChI=1S/C35H49NO4/c1-21(2)19-35(32(38)40-34(8,9)10)20-23(4)30(24-13-12-22(3)27-17-26(27)16-24)36(35)31(37)25-14-15-28(33(5,6)7)29(18-25)39-11/h12-15,17-18,21,23,27,30H,16,19-20H2,1-11H3/t23-,27?,30+,35-/m0/s1. The van der Waals surface area contributed by atoms with Crippen molar-refractivity contribution >= 4 is 11.9 Å². The van der Waals surface area contributed by atoms with Crippen LogP contribution in [0.5, 0.6) is 5.75 Å². The Morgan fingerprint density at radius 3 is 2.33 bits per heavy atom. The van der Waals surface area contributed by atoms with Gasteiger partial charge in [-0.3, -0.25) is 4.79 Å². The highest BCUT2D eigenvalue weighted by atomic mass is 16.6. The molecule has 5 nitrogen and oxygen atoms in total. The van der Waals surface area contributed by atoms with E-state index >= 15 is 0 Å². The highest BCUT2D eigenvalue weighted by Gasteiger charge is 2.59. The molecule has 4 atom stereocenters. The maximum atomic E-state index is 14.8. The first kappa shape index (κ1) is 30.1. The van der Waals surface area contributed by atoms with E-state index in [0.717, 1.165) is 12.0 Å². The smallest absolute Gasteiger partial charge is 0.332 e. The van der Waals surface area contributed by atoms with Crippen LogP contribution < -0.4 is 4.74 Å². The van der Waals surface area contributed by atoms with Crippen molar-refractivity contribution in [3.05, 3.63) is 64.3 Å². The van der Waals surface area contributed by atoms with Crippen molar-refractivity contribution < 1.29 is 19.1 Å². The molecule has 218 valence electrons. The molecule has 1 aromatic carbocycles. The molecule has 0 N–H and O–H groups in total. The lowest BCUT2D eigenvalue weighted by atomic mass is 9.83. The first-order chi connectivity index (χ1) is 18.5. The van der Waals surface area contributed by atoms with Gasteiger partial charge in [0.05, 0.1) is 13.2 Å². The van der Waals surface area contributed by atoms with Crippen molar-refractivity contribution in [2.75, 3.05) is 7.11 Å². The van der Waals surface area contributed by atoms with Gasteiger partial charge in [-0.05, 0) is 87.5 Å². The molecule has 0 aromatic heterocycles. The Morgan fingerprint density at radius 1 is 1.07 bits per heavy atom. The molecule has 0 spiro atoms. The summed E-state index contributed by atoms with van der Waals surface area (Å²) in [5, 5.41) is 0. The molecule has 1 unspecified atom stereocenters. The molecule has 3 aliphatic rings. The number of allylic oxidation sites excluding steroid dienone is 5. The van der Waals surface area contributed by atoms with Gasteiger partial charge >= 0.3 is 5.97 Å². The van der Waals surface area contributed by atoms with E-state index in [4.69, 9.17) is 9.47 Å². The molecule has 0 bridgehead atoms. The minimum atomic E-state index is -1.07. The second-order valence-corrected chi connectivity index (χ2v) is 14.6. The summed E-state index contributed by atoms with van der Waals surface area (Å²) in [6, 6.07) is 5.53. The van der Waals surface area contributed by atoms with Crippen molar-refractivity contribution in [3.63, 3.8) is 0 Å². The van der Waals surface area contributed by atoms with E-state index in [9.17, 15) is 9.59 Å². The molecule has 40 heavy (non-hydrogen) atoms. The number of rotatable bonds is 6. The third-order valence-corrected chi connectivity index (χ3v) is 8.45. The zero-order valence-electron chi connectivity index (χ0n) is 26.5. The molecule has 1 saturated heterocycles. The van der Waals surface area contributed by atoms with Crippen molar-refractivity contribution in [1.82, 2.24) is 4.90 Å². The van der Waals surface area contributed by atoms with Crippen molar-refractivity contribution in [3.8, 4) is 5.75 Å². The average molecular weight is 548 g/mol. The number of carbonyl (C=O) groups is 2. The van der Waals surface area contributed by atoms with Crippen LogP contribution in [0.4, 0.5) is 0 Å². The highest BCUT2D eigenvalue weighted by molar-refractivity contribution is 6.00. The summed E-state index contributed by atoms with van der Waals surface area (Å²) in [7, 11) is 1.65. The van der Waals surface area contributed by atoms with E-state index in [1.165, 1.54) is 16.7 Å². The van der Waals surface area contributed by atoms with E-state index < -0.39 is 11.1 Å². The second kappa shape index (κ2) is 10.5. The summed E-state index contributed by atoms with van der Waals surface area (Å²) in [5.41, 5.74) is 3.63. The number of hydrogen-bond acceptors (Lipinski definition) is 4. The number of methoxy groups -OCH3 is 1. The third kappa shape index (κ3) is 5.80. The van der Waals surface area contributed by atoms with Gasteiger partial charge in [-0.25, -0.2) is 4.79 Å². The SMILES string of the molecule is COc1cc(C(=O)N2[C@@H](C3=CC=C(C)C4C=C4C3)[C@@H](C)C[C@@]2(CC(C)C)C(=O)OC(C)(C)C)ccc1C(C)(C)C. The fourth-order valence-corrected chi connectivity index (χ4v) is 6.79. The first-order valence-electron chi connectivity index (χ1n) is 14.8. The fraction of sp³-hybridized carbons (Fsp3) is 0.600. The Balaban J connectivity index is 1.89. The van der Waals surface area contributed by atoms with E-state index in [2.05, 4.69) is 66.7 Å². The summed E-state index contributed by atoms with van der Waals surface area (Å²) >= 11 is 0. The number of benzene rings is 1. The highest BCUT2D eigenvalue weighted by Crippen LogP contribution is 2.50. The number of hydrogen-bond donors (Lipinski definition) is 0. The summed E-state index contributed by atoms with van der Waals surface area (Å²) in [5.74, 6) is 0.947. The molecule has 1 aliphatic heterocycles. The number of amides is 1. The van der Waals surface area contributed by atoms with Crippen LogP contribution in [0.3, 0.4) is 0 Å². The molecule has 5 heteroatoms. The zero-order valence-corrected chi connectivity index (χ0v) is 26.5. The molecule has 1 heterocycles. The Bertz CT molecular complexity index is 1270. The van der Waals surface area contributed by atoms with Gasteiger partial charge in [0.15, 0.2) is 0 Å². The molecule has 0 saturated carbocycles. The minimum Gasteiger partial charge on any atom is -0.496 e. The van der Waals surface area contributed by atoms with Crippen LogP contribution in [0.2, 0.25) is 0 Å². The molecule has 4 rings (SSSR count). The lowest BCUT2D eigenvalue weighted by Gasteiger charge is -2.42. The van der Waals surface area contributed by atoms with Crippen LogP contribution in [0.1, 0.15) is 104 Å². The van der Waals surface area contributed by atoms with Gasteiger partial charge in [0.2, 0.25) is 0 Å².